The molecule has 1 aliphatic rings. The maximum atomic E-state index is 11.8. The molecule has 0 radical (unpaired) electrons. The topological polar surface area (TPSA) is 33.9 Å². The van der Waals surface area contributed by atoms with E-state index >= 15 is 0 Å². The third kappa shape index (κ3) is 4.26. The number of nitrogens with zero attached hydrogens (tertiary/aromatic N) is 2. The maximum Gasteiger partial charge on any atom is 0.410 e. The van der Waals surface area contributed by atoms with E-state index in [1.54, 1.807) is 4.90 Å². The molecule has 0 aromatic rings. The van der Waals surface area contributed by atoms with Crippen molar-refractivity contribution in [3.05, 3.63) is 11.4 Å². The molecule has 4 heteroatoms. The van der Waals surface area contributed by atoms with Gasteiger partial charge in [-0.1, -0.05) is 0 Å². The molecular formula is C13H22N2O2. The largest absolute Gasteiger partial charge is 0.444 e. The fourth-order valence-corrected chi connectivity index (χ4v) is 2.00. The summed E-state index contributed by atoms with van der Waals surface area (Å²) in [5, 5.41) is 0. The summed E-state index contributed by atoms with van der Waals surface area (Å²) in [5.74, 6) is 0.422. The SMILES string of the molecule is [C-]#[N+]C(C)C1CCN(C(=O)OC(C)(C)C)CC1. The van der Waals surface area contributed by atoms with Crippen LogP contribution in [-0.2, 0) is 4.74 Å². The Morgan fingerprint density at radius 2 is 1.94 bits per heavy atom. The summed E-state index contributed by atoms with van der Waals surface area (Å²) in [6, 6.07) is 0.0655. The Morgan fingerprint density at radius 1 is 1.41 bits per heavy atom. The highest BCUT2D eigenvalue weighted by atomic mass is 16.6. The van der Waals surface area contributed by atoms with E-state index < -0.39 is 5.60 Å². The third-order valence-electron chi connectivity index (χ3n) is 3.08. The highest BCUT2D eigenvalue weighted by Gasteiger charge is 2.30. The Labute approximate surface area is 104 Å². The van der Waals surface area contributed by atoms with Crippen molar-refractivity contribution in [3.63, 3.8) is 0 Å². The van der Waals surface area contributed by atoms with Gasteiger partial charge >= 0.3 is 6.09 Å². The van der Waals surface area contributed by atoms with E-state index in [1.807, 2.05) is 27.7 Å². The first-order chi connectivity index (χ1) is 7.83. The van der Waals surface area contributed by atoms with Crippen LogP contribution in [0.3, 0.4) is 0 Å². The Hall–Kier alpha value is -1.24. The lowest BCUT2D eigenvalue weighted by Crippen LogP contribution is -2.43. The summed E-state index contributed by atoms with van der Waals surface area (Å²) in [6.45, 7) is 16.0. The Balaban J connectivity index is 2.42. The molecule has 1 amide bonds. The number of piperidine rings is 1. The van der Waals surface area contributed by atoms with E-state index in [0.717, 1.165) is 12.8 Å². The van der Waals surface area contributed by atoms with Crippen LogP contribution >= 0.6 is 0 Å². The first-order valence-electron chi connectivity index (χ1n) is 6.18. The fourth-order valence-electron chi connectivity index (χ4n) is 2.00. The predicted octanol–water partition coefficient (Wildman–Crippen LogP) is 2.94. The fraction of sp³-hybridized carbons (Fsp3) is 0.846. The number of rotatable bonds is 1. The standard InChI is InChI=1S/C13H22N2O2/c1-10(14-5)11-6-8-15(9-7-11)12(16)17-13(2,3)4/h10-11H,6-9H2,1-4H3. The molecule has 1 fully saturated rings. The van der Waals surface area contributed by atoms with Gasteiger partial charge in [0.25, 0.3) is 0 Å². The molecule has 4 nitrogen and oxygen atoms in total. The average Bonchev–Trinajstić information content (AvgIpc) is 2.26. The van der Waals surface area contributed by atoms with Crippen LogP contribution in [0.15, 0.2) is 0 Å². The molecule has 1 aliphatic heterocycles. The van der Waals surface area contributed by atoms with Gasteiger partial charge in [0.2, 0.25) is 6.04 Å². The van der Waals surface area contributed by atoms with Crippen molar-refractivity contribution in [1.29, 1.82) is 0 Å². The second-order valence-electron chi connectivity index (χ2n) is 5.67. The van der Waals surface area contributed by atoms with Gasteiger partial charge in [-0.05, 0) is 33.6 Å². The third-order valence-corrected chi connectivity index (χ3v) is 3.08. The van der Waals surface area contributed by atoms with Gasteiger partial charge in [-0.15, -0.1) is 0 Å². The zero-order valence-electron chi connectivity index (χ0n) is 11.2. The molecule has 1 atom stereocenters. The Bertz CT molecular complexity index is 306. The molecule has 0 aromatic heterocycles. The number of carbonyl (C=O) groups is 1. The van der Waals surface area contributed by atoms with Gasteiger partial charge in [0, 0.05) is 25.9 Å². The van der Waals surface area contributed by atoms with Crippen molar-refractivity contribution < 1.29 is 9.53 Å². The van der Waals surface area contributed by atoms with E-state index in [9.17, 15) is 4.79 Å². The second kappa shape index (κ2) is 5.39. The van der Waals surface area contributed by atoms with Crippen LogP contribution in [0.4, 0.5) is 4.79 Å². The minimum atomic E-state index is -0.433. The minimum Gasteiger partial charge on any atom is -0.444 e. The van der Waals surface area contributed by atoms with Crippen LogP contribution in [0.5, 0.6) is 0 Å². The van der Waals surface area contributed by atoms with Crippen LogP contribution in [0.25, 0.3) is 4.85 Å². The predicted molar refractivity (Wildman–Crippen MR) is 66.6 cm³/mol. The van der Waals surface area contributed by atoms with Crippen molar-refractivity contribution in [2.24, 2.45) is 5.92 Å². The Morgan fingerprint density at radius 3 is 2.35 bits per heavy atom. The summed E-state index contributed by atoms with van der Waals surface area (Å²) >= 11 is 0. The van der Waals surface area contributed by atoms with Gasteiger partial charge in [-0.25, -0.2) is 11.4 Å². The number of hydrogen-bond acceptors (Lipinski definition) is 2. The lowest BCUT2D eigenvalue weighted by Gasteiger charge is -2.33. The summed E-state index contributed by atoms with van der Waals surface area (Å²) in [6.07, 6.45) is 1.58. The van der Waals surface area contributed by atoms with Crippen LogP contribution < -0.4 is 0 Å². The van der Waals surface area contributed by atoms with E-state index in [2.05, 4.69) is 4.85 Å². The first kappa shape index (κ1) is 13.8. The molecule has 0 spiro atoms. The molecule has 0 aliphatic carbocycles. The van der Waals surface area contributed by atoms with E-state index in [1.165, 1.54) is 0 Å². The average molecular weight is 238 g/mol. The van der Waals surface area contributed by atoms with Gasteiger partial charge in [0.05, 0.1) is 0 Å². The number of hydrogen-bond donors (Lipinski definition) is 0. The number of likely N-dealkylation sites (tertiary alicyclic amines) is 1. The molecule has 1 saturated heterocycles. The molecule has 1 rings (SSSR count). The van der Waals surface area contributed by atoms with E-state index in [4.69, 9.17) is 11.3 Å². The highest BCUT2D eigenvalue weighted by Crippen LogP contribution is 2.23. The number of amides is 1. The van der Waals surface area contributed by atoms with Crippen molar-refractivity contribution >= 4 is 6.09 Å². The maximum absolute atomic E-state index is 11.8. The molecule has 0 aromatic carbocycles. The van der Waals surface area contributed by atoms with Crippen molar-refractivity contribution in [3.8, 4) is 0 Å². The highest BCUT2D eigenvalue weighted by molar-refractivity contribution is 5.68. The molecule has 0 bridgehead atoms. The smallest absolute Gasteiger partial charge is 0.410 e. The molecule has 0 N–H and O–H groups in total. The van der Waals surface area contributed by atoms with Gasteiger partial charge in [0.15, 0.2) is 0 Å². The summed E-state index contributed by atoms with van der Waals surface area (Å²) < 4.78 is 5.33. The molecule has 96 valence electrons. The van der Waals surface area contributed by atoms with Crippen molar-refractivity contribution in [1.82, 2.24) is 4.90 Å². The van der Waals surface area contributed by atoms with E-state index in [-0.39, 0.29) is 12.1 Å². The normalized spacial score (nSPS) is 19.6. The molecule has 1 unspecified atom stereocenters. The first-order valence-corrected chi connectivity index (χ1v) is 6.18. The Kier molecular flexibility index (Phi) is 4.39. The summed E-state index contributed by atoms with van der Waals surface area (Å²) in [5.41, 5.74) is -0.433. The van der Waals surface area contributed by atoms with Crippen molar-refractivity contribution in [2.75, 3.05) is 13.1 Å². The van der Waals surface area contributed by atoms with Gasteiger partial charge in [0.1, 0.15) is 5.60 Å². The lowest BCUT2D eigenvalue weighted by atomic mass is 9.91. The monoisotopic (exact) mass is 238 g/mol. The van der Waals surface area contributed by atoms with Gasteiger partial charge in [-0.3, -0.25) is 0 Å². The zero-order chi connectivity index (χ0) is 13.1. The molecule has 1 heterocycles. The van der Waals surface area contributed by atoms with Crippen molar-refractivity contribution in [2.45, 2.75) is 52.2 Å². The quantitative estimate of drug-likeness (QED) is 0.658. The van der Waals surface area contributed by atoms with Crippen LogP contribution in [0.2, 0.25) is 0 Å². The minimum absolute atomic E-state index is 0.0655. The summed E-state index contributed by atoms with van der Waals surface area (Å²) in [4.78, 5) is 17.1. The summed E-state index contributed by atoms with van der Waals surface area (Å²) in [7, 11) is 0. The van der Waals surface area contributed by atoms with Crippen LogP contribution in [-0.4, -0.2) is 35.7 Å². The van der Waals surface area contributed by atoms with Crippen LogP contribution in [0.1, 0.15) is 40.5 Å². The molecular weight excluding hydrogens is 216 g/mol. The van der Waals surface area contributed by atoms with Gasteiger partial charge < -0.3 is 14.5 Å². The van der Waals surface area contributed by atoms with Crippen LogP contribution in [0, 0.1) is 12.5 Å². The number of carbonyl (C=O) groups excluding carboxylic acids is 1. The zero-order valence-corrected chi connectivity index (χ0v) is 11.2. The molecule has 0 saturated carbocycles. The molecule has 17 heavy (non-hydrogen) atoms. The van der Waals surface area contributed by atoms with E-state index in [0.29, 0.717) is 19.0 Å². The van der Waals surface area contributed by atoms with Gasteiger partial charge in [-0.2, -0.15) is 0 Å². The second-order valence-corrected chi connectivity index (χ2v) is 5.67. The number of ether oxygens (including phenoxy) is 1. The lowest BCUT2D eigenvalue weighted by molar-refractivity contribution is 0.0180.